The molecule has 86 valence electrons. The number of aliphatic hydroxyl groups is 1. The van der Waals surface area contributed by atoms with Crippen LogP contribution in [-0.4, -0.2) is 5.11 Å². The summed E-state index contributed by atoms with van der Waals surface area (Å²) in [7, 11) is 0. The number of rotatable bonds is 3. The van der Waals surface area contributed by atoms with Crippen molar-refractivity contribution >= 4 is 11.3 Å². The first kappa shape index (κ1) is 11.8. The molecule has 1 aromatic carbocycles. The molecule has 1 unspecified atom stereocenters. The van der Waals surface area contributed by atoms with Gasteiger partial charge >= 0.3 is 0 Å². The van der Waals surface area contributed by atoms with Crippen molar-refractivity contribution in [1.29, 1.82) is 5.26 Å². The van der Waals surface area contributed by atoms with Crippen LogP contribution in [0.15, 0.2) is 41.1 Å². The van der Waals surface area contributed by atoms with Crippen LogP contribution in [0.3, 0.4) is 0 Å². The lowest BCUT2D eigenvalue weighted by Gasteiger charge is -2.23. The lowest BCUT2D eigenvalue weighted by molar-refractivity contribution is 0.0577. The average molecular weight is 243 g/mol. The molecule has 2 rings (SSSR count). The Morgan fingerprint density at radius 2 is 2.24 bits per heavy atom. The van der Waals surface area contributed by atoms with Crippen LogP contribution < -0.4 is 0 Å². The van der Waals surface area contributed by atoms with Gasteiger partial charge < -0.3 is 5.11 Å². The molecular formula is C14H13NOS. The summed E-state index contributed by atoms with van der Waals surface area (Å²) in [6, 6.07) is 11.2. The molecule has 1 aromatic heterocycles. The molecule has 0 amide bonds. The summed E-state index contributed by atoms with van der Waals surface area (Å²) in [5.41, 5.74) is 1.53. The smallest absolute Gasteiger partial charge is 0.0991 e. The monoisotopic (exact) mass is 243 g/mol. The molecule has 0 saturated heterocycles. The van der Waals surface area contributed by atoms with Gasteiger partial charge in [0, 0.05) is 6.42 Å². The van der Waals surface area contributed by atoms with Gasteiger partial charge in [0.05, 0.1) is 17.2 Å². The van der Waals surface area contributed by atoms with E-state index in [1.54, 1.807) is 36.5 Å². The minimum absolute atomic E-state index is 0.561. The highest BCUT2D eigenvalue weighted by Gasteiger charge is 2.23. The van der Waals surface area contributed by atoms with E-state index in [4.69, 9.17) is 5.26 Å². The summed E-state index contributed by atoms with van der Waals surface area (Å²) in [6.45, 7) is 1.78. The standard InChI is InChI=1S/C14H13NOS/c1-14(16,8-12-5-6-17-10-12)13-4-2-3-11(7-13)9-15/h2-7,10,16H,8H2,1H3. The quantitative estimate of drug-likeness (QED) is 0.900. The zero-order valence-electron chi connectivity index (χ0n) is 9.55. The molecule has 0 aliphatic heterocycles. The van der Waals surface area contributed by atoms with E-state index < -0.39 is 5.60 Å². The SMILES string of the molecule is CC(O)(Cc1ccsc1)c1cccc(C#N)c1. The summed E-state index contributed by atoms with van der Waals surface area (Å²) in [5.74, 6) is 0. The minimum Gasteiger partial charge on any atom is -0.385 e. The lowest BCUT2D eigenvalue weighted by Crippen LogP contribution is -2.24. The fourth-order valence-corrected chi connectivity index (χ4v) is 2.49. The molecule has 1 N–H and O–H groups in total. The Morgan fingerprint density at radius 1 is 1.41 bits per heavy atom. The lowest BCUT2D eigenvalue weighted by atomic mass is 9.89. The van der Waals surface area contributed by atoms with Crippen LogP contribution in [0.1, 0.15) is 23.6 Å². The number of nitrogens with zero attached hydrogens (tertiary/aromatic N) is 1. The van der Waals surface area contributed by atoms with Gasteiger partial charge in [-0.15, -0.1) is 0 Å². The van der Waals surface area contributed by atoms with Gasteiger partial charge in [-0.05, 0) is 47.0 Å². The fourth-order valence-electron chi connectivity index (χ4n) is 1.82. The van der Waals surface area contributed by atoms with Crippen molar-refractivity contribution in [2.45, 2.75) is 18.9 Å². The second-order valence-electron chi connectivity index (χ2n) is 4.27. The van der Waals surface area contributed by atoms with E-state index in [9.17, 15) is 5.11 Å². The Kier molecular flexibility index (Phi) is 3.28. The molecule has 0 spiro atoms. The molecule has 0 bridgehead atoms. The third kappa shape index (κ3) is 2.73. The minimum atomic E-state index is -0.937. The van der Waals surface area contributed by atoms with Crippen molar-refractivity contribution in [3.63, 3.8) is 0 Å². The van der Waals surface area contributed by atoms with Crippen molar-refractivity contribution in [2.24, 2.45) is 0 Å². The second kappa shape index (κ2) is 4.70. The van der Waals surface area contributed by atoms with Crippen LogP contribution in [0.2, 0.25) is 0 Å². The van der Waals surface area contributed by atoms with Crippen LogP contribution >= 0.6 is 11.3 Å². The normalized spacial score (nSPS) is 13.9. The average Bonchev–Trinajstić information content (AvgIpc) is 2.81. The zero-order valence-corrected chi connectivity index (χ0v) is 10.4. The number of thiophene rings is 1. The van der Waals surface area contributed by atoms with Gasteiger partial charge in [0.15, 0.2) is 0 Å². The van der Waals surface area contributed by atoms with Crippen LogP contribution in [0.5, 0.6) is 0 Å². The number of benzene rings is 1. The summed E-state index contributed by atoms with van der Waals surface area (Å²) >= 11 is 1.62. The molecule has 2 nitrogen and oxygen atoms in total. The first-order valence-corrected chi connectivity index (χ1v) is 6.30. The summed E-state index contributed by atoms with van der Waals surface area (Å²) in [5, 5.41) is 23.4. The Morgan fingerprint density at radius 3 is 2.88 bits per heavy atom. The van der Waals surface area contributed by atoms with Gasteiger partial charge in [0.2, 0.25) is 0 Å². The molecule has 1 atom stereocenters. The maximum absolute atomic E-state index is 10.5. The highest BCUT2D eigenvalue weighted by atomic mass is 32.1. The van der Waals surface area contributed by atoms with E-state index in [0.29, 0.717) is 12.0 Å². The molecule has 0 aliphatic carbocycles. The van der Waals surface area contributed by atoms with Gasteiger partial charge in [-0.3, -0.25) is 0 Å². The van der Waals surface area contributed by atoms with Gasteiger partial charge in [-0.25, -0.2) is 0 Å². The Labute approximate surface area is 105 Å². The fraction of sp³-hybridized carbons (Fsp3) is 0.214. The van der Waals surface area contributed by atoms with Gasteiger partial charge in [-0.2, -0.15) is 16.6 Å². The Balaban J connectivity index is 2.28. The highest BCUT2D eigenvalue weighted by Crippen LogP contribution is 2.26. The largest absolute Gasteiger partial charge is 0.385 e. The molecule has 17 heavy (non-hydrogen) atoms. The topological polar surface area (TPSA) is 44.0 Å². The molecular weight excluding hydrogens is 230 g/mol. The van der Waals surface area contributed by atoms with E-state index in [-0.39, 0.29) is 0 Å². The number of hydrogen-bond acceptors (Lipinski definition) is 3. The molecule has 3 heteroatoms. The van der Waals surface area contributed by atoms with Gasteiger partial charge in [-0.1, -0.05) is 12.1 Å². The highest BCUT2D eigenvalue weighted by molar-refractivity contribution is 7.07. The third-order valence-electron chi connectivity index (χ3n) is 2.74. The molecule has 0 aliphatic rings. The molecule has 1 heterocycles. The van der Waals surface area contributed by atoms with Crippen molar-refractivity contribution in [1.82, 2.24) is 0 Å². The van der Waals surface area contributed by atoms with E-state index >= 15 is 0 Å². The first-order valence-electron chi connectivity index (χ1n) is 5.36. The van der Waals surface area contributed by atoms with Crippen LogP contribution in [0.25, 0.3) is 0 Å². The van der Waals surface area contributed by atoms with Crippen LogP contribution in [0.4, 0.5) is 0 Å². The van der Waals surface area contributed by atoms with Crippen molar-refractivity contribution < 1.29 is 5.11 Å². The first-order chi connectivity index (χ1) is 8.12. The van der Waals surface area contributed by atoms with Gasteiger partial charge in [0.1, 0.15) is 0 Å². The van der Waals surface area contributed by atoms with Crippen LogP contribution in [-0.2, 0) is 12.0 Å². The summed E-state index contributed by atoms with van der Waals surface area (Å²) in [6.07, 6.45) is 0.561. The number of nitriles is 1. The molecule has 0 fully saturated rings. The van der Waals surface area contributed by atoms with E-state index in [1.807, 2.05) is 22.9 Å². The maximum Gasteiger partial charge on any atom is 0.0991 e. The summed E-state index contributed by atoms with van der Waals surface area (Å²) < 4.78 is 0. The van der Waals surface area contributed by atoms with Crippen LogP contribution in [0, 0.1) is 11.3 Å². The molecule has 0 radical (unpaired) electrons. The molecule has 0 saturated carbocycles. The zero-order chi connectivity index (χ0) is 12.3. The maximum atomic E-state index is 10.5. The van der Waals surface area contributed by atoms with Crippen molar-refractivity contribution in [3.05, 3.63) is 57.8 Å². The Bertz CT molecular complexity index is 538. The second-order valence-corrected chi connectivity index (χ2v) is 5.05. The van der Waals surface area contributed by atoms with Crippen molar-refractivity contribution in [2.75, 3.05) is 0 Å². The molecule has 2 aromatic rings. The Hall–Kier alpha value is -1.63. The number of hydrogen-bond donors (Lipinski definition) is 1. The van der Waals surface area contributed by atoms with E-state index in [0.717, 1.165) is 11.1 Å². The van der Waals surface area contributed by atoms with Crippen molar-refractivity contribution in [3.8, 4) is 6.07 Å². The summed E-state index contributed by atoms with van der Waals surface area (Å²) in [4.78, 5) is 0. The van der Waals surface area contributed by atoms with E-state index in [1.165, 1.54) is 0 Å². The van der Waals surface area contributed by atoms with Gasteiger partial charge in [0.25, 0.3) is 0 Å². The third-order valence-corrected chi connectivity index (χ3v) is 3.47. The predicted molar refractivity (Wildman–Crippen MR) is 68.8 cm³/mol. The van der Waals surface area contributed by atoms with E-state index in [2.05, 4.69) is 6.07 Å². The predicted octanol–water partition coefficient (Wildman–Crippen LogP) is 3.07.